The van der Waals surface area contributed by atoms with Crippen LogP contribution in [-0.4, -0.2) is 44.4 Å². The molecule has 0 radical (unpaired) electrons. The molecule has 1 fully saturated rings. The largest absolute Gasteiger partial charge is 0.481 e. The Hall–Kier alpha value is -2.05. The van der Waals surface area contributed by atoms with Crippen LogP contribution in [0.4, 0.5) is 4.79 Å². The Kier molecular flexibility index (Phi) is 4.50. The summed E-state index contributed by atoms with van der Waals surface area (Å²) in [7, 11) is 1.86. The molecule has 0 aromatic carbocycles. The van der Waals surface area contributed by atoms with Crippen LogP contribution >= 0.6 is 0 Å². The predicted octanol–water partition coefficient (Wildman–Crippen LogP) is 1.12. The van der Waals surface area contributed by atoms with Gasteiger partial charge in [-0.15, -0.1) is 0 Å². The zero-order valence-electron chi connectivity index (χ0n) is 12.7. The summed E-state index contributed by atoms with van der Waals surface area (Å²) in [5.74, 6) is -1.11. The van der Waals surface area contributed by atoms with E-state index in [0.29, 0.717) is 25.9 Å². The number of hydrogen-bond acceptors (Lipinski definition) is 3. The number of carboxylic acid groups (broad SMARTS) is 1. The molecule has 0 spiro atoms. The van der Waals surface area contributed by atoms with E-state index in [9.17, 15) is 9.59 Å². The van der Waals surface area contributed by atoms with Gasteiger partial charge in [0.2, 0.25) is 0 Å². The van der Waals surface area contributed by atoms with Gasteiger partial charge in [0.1, 0.15) is 0 Å². The van der Waals surface area contributed by atoms with E-state index in [1.54, 1.807) is 15.8 Å². The fourth-order valence-corrected chi connectivity index (χ4v) is 2.69. The Morgan fingerprint density at radius 3 is 2.76 bits per heavy atom. The number of rotatable bonds is 3. The lowest BCUT2D eigenvalue weighted by Gasteiger charge is -2.36. The molecule has 7 nitrogen and oxygen atoms in total. The number of carbonyl (C=O) groups excluding carboxylic acids is 1. The Morgan fingerprint density at radius 1 is 1.52 bits per heavy atom. The first-order valence-electron chi connectivity index (χ1n) is 7.15. The lowest BCUT2D eigenvalue weighted by atomic mass is 9.92. The Labute approximate surface area is 123 Å². The minimum atomic E-state index is -0.770. The van der Waals surface area contributed by atoms with Crippen molar-refractivity contribution in [1.29, 1.82) is 0 Å². The third-order valence-corrected chi connectivity index (χ3v) is 4.25. The highest BCUT2D eigenvalue weighted by Crippen LogP contribution is 2.23. The first-order valence-corrected chi connectivity index (χ1v) is 7.15. The van der Waals surface area contributed by atoms with Gasteiger partial charge in [-0.05, 0) is 26.7 Å². The fourth-order valence-electron chi connectivity index (χ4n) is 2.69. The monoisotopic (exact) mass is 294 g/mol. The molecule has 1 aromatic heterocycles. The zero-order chi connectivity index (χ0) is 15.6. The second-order valence-corrected chi connectivity index (χ2v) is 5.64. The van der Waals surface area contributed by atoms with Crippen LogP contribution in [0.5, 0.6) is 0 Å². The molecule has 0 bridgehead atoms. The molecule has 2 unspecified atom stereocenters. The van der Waals surface area contributed by atoms with Crippen molar-refractivity contribution in [2.75, 3.05) is 6.54 Å². The standard InChI is InChI=1S/C14H22N4O3/c1-9-6-11(13(19)20)4-5-18(9)14(21)15-7-12-8-16-17(3)10(12)2/h8-9,11H,4-7H2,1-3H3,(H,15,21)(H,19,20). The average molecular weight is 294 g/mol. The summed E-state index contributed by atoms with van der Waals surface area (Å²) in [6.07, 6.45) is 2.77. The smallest absolute Gasteiger partial charge is 0.317 e. The second kappa shape index (κ2) is 6.15. The van der Waals surface area contributed by atoms with E-state index in [4.69, 9.17) is 5.11 Å². The molecule has 1 aliphatic heterocycles. The van der Waals surface area contributed by atoms with Gasteiger partial charge in [-0.2, -0.15) is 5.10 Å². The Bertz CT molecular complexity index is 540. The summed E-state index contributed by atoms with van der Waals surface area (Å²) < 4.78 is 1.77. The quantitative estimate of drug-likeness (QED) is 0.874. The molecule has 1 aromatic rings. The summed E-state index contributed by atoms with van der Waals surface area (Å²) in [6, 6.07) is -0.204. The maximum absolute atomic E-state index is 12.2. The first kappa shape index (κ1) is 15.3. The van der Waals surface area contributed by atoms with Crippen molar-refractivity contribution in [2.45, 2.75) is 39.3 Å². The van der Waals surface area contributed by atoms with E-state index in [-0.39, 0.29) is 18.0 Å². The van der Waals surface area contributed by atoms with Gasteiger partial charge in [0, 0.05) is 37.4 Å². The summed E-state index contributed by atoms with van der Waals surface area (Å²) in [6.45, 7) is 4.76. The van der Waals surface area contributed by atoms with Gasteiger partial charge in [-0.25, -0.2) is 4.79 Å². The van der Waals surface area contributed by atoms with Crippen LogP contribution in [0, 0.1) is 12.8 Å². The molecule has 21 heavy (non-hydrogen) atoms. The second-order valence-electron chi connectivity index (χ2n) is 5.64. The van der Waals surface area contributed by atoms with Crippen molar-refractivity contribution in [1.82, 2.24) is 20.0 Å². The van der Waals surface area contributed by atoms with Crippen LogP contribution in [0.3, 0.4) is 0 Å². The van der Waals surface area contributed by atoms with E-state index in [1.165, 1.54) is 0 Å². The van der Waals surface area contributed by atoms with E-state index < -0.39 is 5.97 Å². The number of piperidine rings is 1. The van der Waals surface area contributed by atoms with Gasteiger partial charge >= 0.3 is 12.0 Å². The minimum Gasteiger partial charge on any atom is -0.481 e. The van der Waals surface area contributed by atoms with E-state index >= 15 is 0 Å². The number of hydrogen-bond donors (Lipinski definition) is 2. The van der Waals surface area contributed by atoms with Gasteiger partial charge in [0.25, 0.3) is 0 Å². The number of aromatic nitrogens is 2. The Balaban J connectivity index is 1.89. The summed E-state index contributed by atoms with van der Waals surface area (Å²) >= 11 is 0. The molecule has 1 aliphatic rings. The third kappa shape index (κ3) is 3.34. The topological polar surface area (TPSA) is 87.5 Å². The van der Waals surface area contributed by atoms with Crippen LogP contribution < -0.4 is 5.32 Å². The van der Waals surface area contributed by atoms with E-state index in [0.717, 1.165) is 11.3 Å². The molecule has 116 valence electrons. The number of carboxylic acids is 1. The third-order valence-electron chi connectivity index (χ3n) is 4.25. The molecular weight excluding hydrogens is 272 g/mol. The molecule has 1 saturated heterocycles. The van der Waals surface area contributed by atoms with Gasteiger partial charge in [-0.1, -0.05) is 0 Å². The molecular formula is C14H22N4O3. The van der Waals surface area contributed by atoms with Crippen LogP contribution in [0.25, 0.3) is 0 Å². The van der Waals surface area contributed by atoms with Gasteiger partial charge in [0.05, 0.1) is 12.1 Å². The molecule has 2 N–H and O–H groups in total. The summed E-state index contributed by atoms with van der Waals surface area (Å²) in [4.78, 5) is 24.9. The molecule has 0 aliphatic carbocycles. The van der Waals surface area contributed by atoms with Crippen LogP contribution in [0.1, 0.15) is 31.0 Å². The van der Waals surface area contributed by atoms with Gasteiger partial charge in [0.15, 0.2) is 0 Å². The number of nitrogens with one attached hydrogen (secondary N) is 1. The average Bonchev–Trinajstić information content (AvgIpc) is 2.76. The van der Waals surface area contributed by atoms with Crippen molar-refractivity contribution in [3.63, 3.8) is 0 Å². The number of nitrogens with zero attached hydrogens (tertiary/aromatic N) is 3. The van der Waals surface area contributed by atoms with Crippen LogP contribution in [0.2, 0.25) is 0 Å². The molecule has 2 atom stereocenters. The maximum Gasteiger partial charge on any atom is 0.317 e. The zero-order valence-corrected chi connectivity index (χ0v) is 12.7. The minimum absolute atomic E-state index is 0.0603. The number of amides is 2. The van der Waals surface area contributed by atoms with Crippen LogP contribution in [0.15, 0.2) is 6.20 Å². The van der Waals surface area contributed by atoms with E-state index in [2.05, 4.69) is 10.4 Å². The van der Waals surface area contributed by atoms with Gasteiger partial charge < -0.3 is 15.3 Å². The fraction of sp³-hybridized carbons (Fsp3) is 0.643. The molecule has 2 rings (SSSR count). The SMILES string of the molecule is Cc1c(CNC(=O)N2CCC(C(=O)O)CC2C)cnn1C. The highest BCUT2D eigenvalue weighted by Gasteiger charge is 2.32. The number of urea groups is 1. The molecule has 7 heteroatoms. The molecule has 2 heterocycles. The molecule has 0 saturated carbocycles. The van der Waals surface area contributed by atoms with Crippen molar-refractivity contribution in [3.05, 3.63) is 17.5 Å². The lowest BCUT2D eigenvalue weighted by molar-refractivity contribution is -0.143. The first-order chi connectivity index (χ1) is 9.90. The Morgan fingerprint density at radius 2 is 2.24 bits per heavy atom. The number of aliphatic carboxylic acids is 1. The van der Waals surface area contributed by atoms with E-state index in [1.807, 2.05) is 20.9 Å². The van der Waals surface area contributed by atoms with Crippen LogP contribution in [-0.2, 0) is 18.4 Å². The lowest BCUT2D eigenvalue weighted by Crippen LogP contribution is -2.50. The highest BCUT2D eigenvalue weighted by molar-refractivity contribution is 5.75. The van der Waals surface area contributed by atoms with Crippen molar-refractivity contribution in [3.8, 4) is 0 Å². The van der Waals surface area contributed by atoms with Crippen molar-refractivity contribution in [2.24, 2.45) is 13.0 Å². The van der Waals surface area contributed by atoms with Gasteiger partial charge in [-0.3, -0.25) is 9.48 Å². The maximum atomic E-state index is 12.2. The van der Waals surface area contributed by atoms with Crippen molar-refractivity contribution < 1.29 is 14.7 Å². The number of likely N-dealkylation sites (tertiary alicyclic amines) is 1. The highest BCUT2D eigenvalue weighted by atomic mass is 16.4. The predicted molar refractivity (Wildman–Crippen MR) is 76.7 cm³/mol. The molecule has 2 amide bonds. The number of carbonyl (C=O) groups is 2. The number of aryl methyl sites for hydroxylation is 1. The summed E-state index contributed by atoms with van der Waals surface area (Å²) in [5.41, 5.74) is 2.01. The van der Waals surface area contributed by atoms with Crippen molar-refractivity contribution >= 4 is 12.0 Å². The summed E-state index contributed by atoms with van der Waals surface area (Å²) in [5, 5.41) is 16.1. The normalized spacial score (nSPS) is 22.1.